The van der Waals surface area contributed by atoms with Gasteiger partial charge >= 0.3 is 0 Å². The largest absolute Gasteiger partial charge is 0.344 e. The second kappa shape index (κ2) is 9.06. The first-order valence-corrected chi connectivity index (χ1v) is 11.6. The summed E-state index contributed by atoms with van der Waals surface area (Å²) in [5.41, 5.74) is 3.00. The number of aromatic nitrogens is 2. The van der Waals surface area contributed by atoms with Crippen molar-refractivity contribution < 1.29 is 9.59 Å². The van der Waals surface area contributed by atoms with Crippen LogP contribution < -0.4 is 5.32 Å². The molecule has 1 aliphatic heterocycles. The summed E-state index contributed by atoms with van der Waals surface area (Å²) in [6, 6.07) is 21.5. The Kier molecular flexibility index (Phi) is 5.82. The molecule has 0 saturated carbocycles. The number of likely N-dealkylation sites (tertiary alicyclic amines) is 1. The number of piperidine rings is 1. The van der Waals surface area contributed by atoms with E-state index in [1.807, 2.05) is 71.6 Å². The van der Waals surface area contributed by atoms with Gasteiger partial charge in [-0.05, 0) is 48.2 Å². The number of nitrogens with one attached hydrogen (secondary N) is 2. The summed E-state index contributed by atoms with van der Waals surface area (Å²) in [6.45, 7) is 3.11. The van der Waals surface area contributed by atoms with Crippen LogP contribution in [0, 0.1) is 0 Å². The molecule has 4 aromatic rings. The number of fused-ring (bicyclic) bond motifs is 2. The maximum Gasteiger partial charge on any atom is 0.244 e. The zero-order valence-electron chi connectivity index (χ0n) is 18.8. The lowest BCUT2D eigenvalue weighted by Gasteiger charge is -2.33. The highest BCUT2D eigenvalue weighted by Gasteiger charge is 2.28. The van der Waals surface area contributed by atoms with Crippen molar-refractivity contribution in [3.8, 4) is 0 Å². The van der Waals surface area contributed by atoms with Crippen LogP contribution in [0.1, 0.15) is 37.1 Å². The number of benzene rings is 3. The van der Waals surface area contributed by atoms with Crippen molar-refractivity contribution in [3.63, 3.8) is 0 Å². The molecule has 6 heteroatoms. The van der Waals surface area contributed by atoms with Gasteiger partial charge in [-0.2, -0.15) is 0 Å². The summed E-state index contributed by atoms with van der Waals surface area (Å²) in [5.74, 6) is 1.16. The molecule has 0 radical (unpaired) electrons. The van der Waals surface area contributed by atoms with Gasteiger partial charge in [0.25, 0.3) is 0 Å². The molecule has 2 amide bonds. The minimum atomic E-state index is -0.546. The van der Waals surface area contributed by atoms with Crippen molar-refractivity contribution in [1.82, 2.24) is 20.2 Å². The molecular formula is C27H28N4O2. The number of aromatic amines is 1. The van der Waals surface area contributed by atoms with Crippen LogP contribution in [0.3, 0.4) is 0 Å². The van der Waals surface area contributed by atoms with E-state index in [1.54, 1.807) is 6.92 Å². The quantitative estimate of drug-likeness (QED) is 0.489. The fourth-order valence-corrected chi connectivity index (χ4v) is 4.79. The van der Waals surface area contributed by atoms with Crippen molar-refractivity contribution in [1.29, 1.82) is 0 Å². The third-order valence-corrected chi connectivity index (χ3v) is 6.58. The Hall–Kier alpha value is -3.67. The van der Waals surface area contributed by atoms with Crippen molar-refractivity contribution in [3.05, 3.63) is 78.1 Å². The third-order valence-electron chi connectivity index (χ3n) is 6.58. The van der Waals surface area contributed by atoms with E-state index < -0.39 is 6.04 Å². The van der Waals surface area contributed by atoms with E-state index in [0.29, 0.717) is 19.0 Å². The molecule has 0 bridgehead atoms. The first-order valence-electron chi connectivity index (χ1n) is 11.6. The predicted molar refractivity (Wildman–Crippen MR) is 130 cm³/mol. The Morgan fingerprint density at radius 3 is 2.58 bits per heavy atom. The molecule has 1 aliphatic rings. The molecule has 1 atom stereocenters. The third kappa shape index (κ3) is 4.46. The van der Waals surface area contributed by atoms with E-state index in [-0.39, 0.29) is 18.2 Å². The normalized spacial score (nSPS) is 15.6. The van der Waals surface area contributed by atoms with E-state index >= 15 is 0 Å². The average Bonchev–Trinajstić information content (AvgIpc) is 3.28. The van der Waals surface area contributed by atoms with E-state index in [9.17, 15) is 9.59 Å². The lowest BCUT2D eigenvalue weighted by molar-refractivity contribution is -0.136. The van der Waals surface area contributed by atoms with Crippen LogP contribution in [-0.4, -0.2) is 45.8 Å². The molecule has 0 aliphatic carbocycles. The summed E-state index contributed by atoms with van der Waals surface area (Å²) in [4.78, 5) is 35.7. The van der Waals surface area contributed by atoms with Crippen LogP contribution in [0.15, 0.2) is 66.7 Å². The number of hydrogen-bond donors (Lipinski definition) is 2. The topological polar surface area (TPSA) is 78.1 Å². The SMILES string of the molecule is CC(NC(=O)Cc1cccc2ccccc12)C(=O)N1CCC(c2nc3ccccc3[nH]2)CC1. The van der Waals surface area contributed by atoms with Gasteiger partial charge in [0.1, 0.15) is 11.9 Å². The molecule has 2 N–H and O–H groups in total. The number of para-hydroxylation sites is 2. The molecule has 3 aromatic carbocycles. The zero-order valence-corrected chi connectivity index (χ0v) is 18.8. The van der Waals surface area contributed by atoms with Crippen molar-refractivity contribution in [2.45, 2.75) is 38.1 Å². The Labute approximate surface area is 193 Å². The van der Waals surface area contributed by atoms with Gasteiger partial charge in [0.2, 0.25) is 11.8 Å². The molecule has 1 fully saturated rings. The minimum absolute atomic E-state index is 0.0238. The zero-order chi connectivity index (χ0) is 22.8. The summed E-state index contributed by atoms with van der Waals surface area (Å²) in [6.07, 6.45) is 1.98. The molecule has 1 unspecified atom stereocenters. The van der Waals surface area contributed by atoms with Gasteiger partial charge in [-0.15, -0.1) is 0 Å². The minimum Gasteiger partial charge on any atom is -0.344 e. The highest BCUT2D eigenvalue weighted by atomic mass is 16.2. The summed E-state index contributed by atoms with van der Waals surface area (Å²) < 4.78 is 0. The van der Waals surface area contributed by atoms with Gasteiger partial charge in [-0.3, -0.25) is 9.59 Å². The number of imidazole rings is 1. The Morgan fingerprint density at radius 1 is 1.03 bits per heavy atom. The molecule has 33 heavy (non-hydrogen) atoms. The second-order valence-corrected chi connectivity index (χ2v) is 8.84. The van der Waals surface area contributed by atoms with Gasteiger partial charge < -0.3 is 15.2 Å². The molecule has 1 aromatic heterocycles. The van der Waals surface area contributed by atoms with Gasteiger partial charge in [-0.1, -0.05) is 54.6 Å². The van der Waals surface area contributed by atoms with E-state index in [1.165, 1.54) is 0 Å². The molecular weight excluding hydrogens is 412 g/mol. The van der Waals surface area contributed by atoms with E-state index in [2.05, 4.69) is 10.3 Å². The first kappa shape index (κ1) is 21.2. The van der Waals surface area contributed by atoms with Crippen molar-refractivity contribution >= 4 is 33.6 Å². The fourth-order valence-electron chi connectivity index (χ4n) is 4.79. The number of carbonyl (C=O) groups excluding carboxylic acids is 2. The summed E-state index contributed by atoms with van der Waals surface area (Å²) >= 11 is 0. The van der Waals surface area contributed by atoms with Crippen LogP contribution in [-0.2, 0) is 16.0 Å². The van der Waals surface area contributed by atoms with Gasteiger partial charge in [0.05, 0.1) is 17.5 Å². The summed E-state index contributed by atoms with van der Waals surface area (Å²) in [7, 11) is 0. The molecule has 5 rings (SSSR count). The summed E-state index contributed by atoms with van der Waals surface area (Å²) in [5, 5.41) is 5.08. The first-order chi connectivity index (χ1) is 16.1. The standard InChI is InChI=1S/C27H28N4O2/c1-18(28-25(32)17-21-9-6-8-19-7-2-3-10-22(19)21)27(33)31-15-13-20(14-16-31)26-29-23-11-4-5-12-24(23)30-26/h2-12,18,20H,13-17H2,1H3,(H,28,32)(H,29,30). The van der Waals surface area contributed by atoms with Crippen molar-refractivity contribution in [2.75, 3.05) is 13.1 Å². The van der Waals surface area contributed by atoms with Crippen LogP contribution in [0.4, 0.5) is 0 Å². The van der Waals surface area contributed by atoms with Gasteiger partial charge in [-0.25, -0.2) is 4.98 Å². The smallest absolute Gasteiger partial charge is 0.244 e. The van der Waals surface area contributed by atoms with Crippen LogP contribution in [0.25, 0.3) is 21.8 Å². The van der Waals surface area contributed by atoms with E-state index in [4.69, 9.17) is 4.98 Å². The fraction of sp³-hybridized carbons (Fsp3) is 0.296. The number of nitrogens with zero attached hydrogens (tertiary/aromatic N) is 2. The Bertz CT molecular complexity index is 1270. The number of carbonyl (C=O) groups is 2. The van der Waals surface area contributed by atoms with Crippen LogP contribution >= 0.6 is 0 Å². The maximum absolute atomic E-state index is 13.0. The highest BCUT2D eigenvalue weighted by Crippen LogP contribution is 2.28. The molecule has 2 heterocycles. The van der Waals surface area contributed by atoms with Gasteiger partial charge in [0, 0.05) is 19.0 Å². The van der Waals surface area contributed by atoms with Gasteiger partial charge in [0.15, 0.2) is 0 Å². The number of hydrogen-bond acceptors (Lipinski definition) is 3. The maximum atomic E-state index is 13.0. The lowest BCUT2D eigenvalue weighted by Crippen LogP contribution is -2.49. The highest BCUT2D eigenvalue weighted by molar-refractivity contribution is 5.92. The number of amides is 2. The lowest BCUT2D eigenvalue weighted by atomic mass is 9.95. The van der Waals surface area contributed by atoms with E-state index in [0.717, 1.165) is 46.0 Å². The predicted octanol–water partition coefficient (Wildman–Crippen LogP) is 4.17. The molecule has 6 nitrogen and oxygen atoms in total. The number of rotatable bonds is 5. The molecule has 0 spiro atoms. The monoisotopic (exact) mass is 440 g/mol. The average molecular weight is 441 g/mol. The molecule has 1 saturated heterocycles. The molecule has 168 valence electrons. The second-order valence-electron chi connectivity index (χ2n) is 8.84. The Morgan fingerprint density at radius 2 is 1.76 bits per heavy atom. The Balaban J connectivity index is 1.16. The van der Waals surface area contributed by atoms with Crippen LogP contribution in [0.2, 0.25) is 0 Å². The number of H-pyrrole nitrogens is 1. The van der Waals surface area contributed by atoms with Crippen LogP contribution in [0.5, 0.6) is 0 Å². The van der Waals surface area contributed by atoms with Crippen molar-refractivity contribution in [2.24, 2.45) is 0 Å².